The first-order valence-corrected chi connectivity index (χ1v) is 6.43. The van der Waals surface area contributed by atoms with Crippen LogP contribution < -0.4 is 10.2 Å². The van der Waals surface area contributed by atoms with Crippen LogP contribution in [-0.2, 0) is 11.3 Å². The molecular formula is C14H19N3O2. The maximum absolute atomic E-state index is 9.41. The molecule has 2 rings (SSSR count). The largest absolute Gasteiger partial charge is 0.394 e. The number of morpholine rings is 1. The molecule has 1 aromatic carbocycles. The fourth-order valence-electron chi connectivity index (χ4n) is 2.36. The number of aliphatic hydroxyl groups excluding tert-OH is 1. The van der Waals surface area contributed by atoms with Crippen molar-refractivity contribution in [2.75, 3.05) is 38.3 Å². The highest BCUT2D eigenvalue weighted by molar-refractivity contribution is 5.61. The third-order valence-electron chi connectivity index (χ3n) is 3.31. The number of anilines is 1. The van der Waals surface area contributed by atoms with E-state index < -0.39 is 0 Å². The van der Waals surface area contributed by atoms with Gasteiger partial charge in [0.15, 0.2) is 0 Å². The molecule has 1 aliphatic heterocycles. The molecule has 1 aromatic rings. The summed E-state index contributed by atoms with van der Waals surface area (Å²) < 4.78 is 5.37. The number of hydrogen-bond donors (Lipinski definition) is 2. The van der Waals surface area contributed by atoms with Crippen LogP contribution in [0.5, 0.6) is 0 Å². The fourth-order valence-corrected chi connectivity index (χ4v) is 2.36. The third-order valence-corrected chi connectivity index (χ3v) is 3.31. The molecule has 0 saturated carbocycles. The molecule has 1 saturated heterocycles. The zero-order chi connectivity index (χ0) is 13.7. The van der Waals surface area contributed by atoms with Gasteiger partial charge in [0.05, 0.1) is 37.1 Å². The van der Waals surface area contributed by atoms with Crippen LogP contribution in [0.4, 0.5) is 5.69 Å². The van der Waals surface area contributed by atoms with Gasteiger partial charge in [-0.2, -0.15) is 5.26 Å². The molecule has 19 heavy (non-hydrogen) atoms. The summed E-state index contributed by atoms with van der Waals surface area (Å²) in [6, 6.07) is 8.04. The van der Waals surface area contributed by atoms with Gasteiger partial charge in [0.1, 0.15) is 6.07 Å². The van der Waals surface area contributed by atoms with Crippen molar-refractivity contribution in [2.24, 2.45) is 0 Å². The molecule has 102 valence electrons. The lowest BCUT2D eigenvalue weighted by molar-refractivity contribution is 0.0727. The zero-order valence-electron chi connectivity index (χ0n) is 11.1. The first kappa shape index (κ1) is 13.8. The van der Waals surface area contributed by atoms with E-state index in [-0.39, 0.29) is 12.6 Å². The van der Waals surface area contributed by atoms with E-state index in [1.165, 1.54) is 0 Å². The van der Waals surface area contributed by atoms with Crippen LogP contribution in [0, 0.1) is 11.3 Å². The Hall–Kier alpha value is -1.61. The lowest BCUT2D eigenvalue weighted by Gasteiger charge is -2.36. The molecule has 1 atom stereocenters. The lowest BCUT2D eigenvalue weighted by atomic mass is 10.1. The molecule has 1 fully saturated rings. The fraction of sp³-hybridized carbons (Fsp3) is 0.500. The summed E-state index contributed by atoms with van der Waals surface area (Å²) in [4.78, 5) is 2.06. The predicted molar refractivity (Wildman–Crippen MR) is 73.0 cm³/mol. The van der Waals surface area contributed by atoms with Crippen molar-refractivity contribution < 1.29 is 9.84 Å². The molecular weight excluding hydrogens is 242 g/mol. The van der Waals surface area contributed by atoms with Crippen molar-refractivity contribution in [1.29, 1.82) is 5.26 Å². The van der Waals surface area contributed by atoms with E-state index in [0.29, 0.717) is 25.3 Å². The molecule has 0 amide bonds. The van der Waals surface area contributed by atoms with Gasteiger partial charge < -0.3 is 20.1 Å². The quantitative estimate of drug-likeness (QED) is 0.825. The van der Waals surface area contributed by atoms with Gasteiger partial charge in [0.25, 0.3) is 0 Å². The highest BCUT2D eigenvalue weighted by atomic mass is 16.5. The van der Waals surface area contributed by atoms with Crippen LogP contribution in [0.1, 0.15) is 11.1 Å². The molecule has 1 aliphatic rings. The minimum Gasteiger partial charge on any atom is -0.394 e. The molecule has 0 aliphatic carbocycles. The number of nitriles is 1. The Kier molecular flexibility index (Phi) is 4.74. The number of nitrogens with one attached hydrogen (secondary N) is 1. The molecule has 0 radical (unpaired) electrons. The first-order chi connectivity index (χ1) is 9.30. The number of rotatable bonds is 4. The Morgan fingerprint density at radius 3 is 3.11 bits per heavy atom. The molecule has 5 heteroatoms. The van der Waals surface area contributed by atoms with Crippen molar-refractivity contribution in [2.45, 2.75) is 12.6 Å². The van der Waals surface area contributed by atoms with E-state index >= 15 is 0 Å². The SMILES string of the molecule is CNCc1ccc(N2CCOCC2CO)c(C#N)c1. The third kappa shape index (κ3) is 3.04. The second-order valence-electron chi connectivity index (χ2n) is 4.60. The van der Waals surface area contributed by atoms with Crippen LogP contribution in [0.15, 0.2) is 18.2 Å². The van der Waals surface area contributed by atoms with Crippen molar-refractivity contribution in [3.63, 3.8) is 0 Å². The summed E-state index contributed by atoms with van der Waals surface area (Å²) >= 11 is 0. The summed E-state index contributed by atoms with van der Waals surface area (Å²) in [5, 5.41) is 21.8. The van der Waals surface area contributed by atoms with E-state index in [2.05, 4.69) is 16.3 Å². The molecule has 0 bridgehead atoms. The summed E-state index contributed by atoms with van der Waals surface area (Å²) in [5.74, 6) is 0. The van der Waals surface area contributed by atoms with E-state index in [9.17, 15) is 10.4 Å². The number of benzene rings is 1. The van der Waals surface area contributed by atoms with Gasteiger partial charge in [-0.05, 0) is 24.7 Å². The topological polar surface area (TPSA) is 68.5 Å². The Labute approximate surface area is 113 Å². The van der Waals surface area contributed by atoms with Crippen molar-refractivity contribution in [1.82, 2.24) is 5.32 Å². The molecule has 0 aromatic heterocycles. The van der Waals surface area contributed by atoms with Crippen molar-refractivity contribution >= 4 is 5.69 Å². The summed E-state index contributed by atoms with van der Waals surface area (Å²) in [6.07, 6.45) is 0. The Bertz CT molecular complexity index is 470. The van der Waals surface area contributed by atoms with Crippen LogP contribution in [0.2, 0.25) is 0 Å². The summed E-state index contributed by atoms with van der Waals surface area (Å²) in [5.41, 5.74) is 2.61. The van der Waals surface area contributed by atoms with Gasteiger partial charge in [0, 0.05) is 13.1 Å². The highest BCUT2D eigenvalue weighted by Gasteiger charge is 2.24. The Morgan fingerprint density at radius 1 is 1.58 bits per heavy atom. The van der Waals surface area contributed by atoms with Crippen LogP contribution in [0.3, 0.4) is 0 Å². The van der Waals surface area contributed by atoms with Gasteiger partial charge >= 0.3 is 0 Å². The zero-order valence-corrected chi connectivity index (χ0v) is 11.1. The van der Waals surface area contributed by atoms with Crippen LogP contribution in [-0.4, -0.2) is 44.6 Å². The van der Waals surface area contributed by atoms with Crippen molar-refractivity contribution in [3.05, 3.63) is 29.3 Å². The molecule has 1 unspecified atom stereocenters. The molecule has 0 spiro atoms. The second-order valence-corrected chi connectivity index (χ2v) is 4.60. The predicted octanol–water partition coefficient (Wildman–Crippen LogP) is 0.475. The van der Waals surface area contributed by atoms with E-state index in [0.717, 1.165) is 17.8 Å². The second kappa shape index (κ2) is 6.53. The number of nitrogens with zero attached hydrogens (tertiary/aromatic N) is 2. The van der Waals surface area contributed by atoms with E-state index in [1.54, 1.807) is 0 Å². The number of hydrogen-bond acceptors (Lipinski definition) is 5. The Balaban J connectivity index is 2.30. The van der Waals surface area contributed by atoms with Gasteiger partial charge in [-0.25, -0.2) is 0 Å². The molecule has 2 N–H and O–H groups in total. The average Bonchev–Trinajstić information content (AvgIpc) is 2.47. The van der Waals surface area contributed by atoms with Crippen LogP contribution >= 0.6 is 0 Å². The van der Waals surface area contributed by atoms with Crippen LogP contribution in [0.25, 0.3) is 0 Å². The van der Waals surface area contributed by atoms with E-state index in [4.69, 9.17) is 4.74 Å². The minimum atomic E-state index is -0.0731. The van der Waals surface area contributed by atoms with E-state index in [1.807, 2.05) is 25.2 Å². The monoisotopic (exact) mass is 261 g/mol. The number of ether oxygens (including phenoxy) is 1. The maximum atomic E-state index is 9.41. The number of aliphatic hydroxyl groups is 1. The first-order valence-electron chi connectivity index (χ1n) is 6.43. The van der Waals surface area contributed by atoms with Crippen molar-refractivity contribution in [3.8, 4) is 6.07 Å². The summed E-state index contributed by atoms with van der Waals surface area (Å²) in [6.45, 7) is 2.59. The maximum Gasteiger partial charge on any atom is 0.101 e. The highest BCUT2D eigenvalue weighted by Crippen LogP contribution is 2.25. The average molecular weight is 261 g/mol. The minimum absolute atomic E-state index is 0.0309. The molecule has 1 heterocycles. The van der Waals surface area contributed by atoms with Gasteiger partial charge in [-0.3, -0.25) is 0 Å². The lowest BCUT2D eigenvalue weighted by Crippen LogP contribution is -2.48. The normalized spacial score (nSPS) is 19.2. The van der Waals surface area contributed by atoms with Gasteiger partial charge in [-0.1, -0.05) is 6.07 Å². The van der Waals surface area contributed by atoms with Gasteiger partial charge in [0.2, 0.25) is 0 Å². The molecule has 5 nitrogen and oxygen atoms in total. The summed E-state index contributed by atoms with van der Waals surface area (Å²) in [7, 11) is 1.88. The Morgan fingerprint density at radius 2 is 2.42 bits per heavy atom. The smallest absolute Gasteiger partial charge is 0.101 e. The van der Waals surface area contributed by atoms with Gasteiger partial charge in [-0.15, -0.1) is 0 Å². The standard InChI is InChI=1S/C14H19N3O2/c1-16-8-11-2-3-14(12(6-11)7-15)17-4-5-19-10-13(17)9-18/h2-3,6,13,16,18H,4-5,8-10H2,1H3.